The number of carbonyl (C=O) groups is 14. The SMILES string of the molecule is CC[C@H](C)[C@H](NC(=O)[C@H](CCCN=C(N)N)NC(=O)CNC(=O)[C@H]1CCC(=O)NCCCC[C@H](NC(=O)[C@H](Cc2c[nH]c3ccccc23)NC(=O)[C@@H]2CCCN2C(=O)[C@@H](NC(=O)[C@@H](N)Cc2ccccc2)C(C)C)C(=O)N[C@@H](CO)C(=O)N[C@@H](CCCCN)C(=O)N[C@@H](Cc2ccccc2)C(=O)N1)C(=O)N[C@@H](CC(C)C)C(N)=O. The number of nitrogens with two attached hydrogens (primary N) is 5. The lowest BCUT2D eigenvalue weighted by atomic mass is 9.96. The third-order valence-corrected chi connectivity index (χ3v) is 20.1. The van der Waals surface area contributed by atoms with Gasteiger partial charge in [0.1, 0.15) is 66.5 Å². The van der Waals surface area contributed by atoms with E-state index in [4.69, 9.17) is 28.7 Å². The molecular weight excluding hydrogens is 1470 g/mol. The maximum absolute atomic E-state index is 15.1. The molecule has 13 atom stereocenters. The Morgan fingerprint density at radius 2 is 1.28 bits per heavy atom. The normalized spacial score (nSPS) is 20.0. The van der Waals surface area contributed by atoms with E-state index in [1.165, 1.54) is 4.90 Å². The van der Waals surface area contributed by atoms with Gasteiger partial charge in [0.25, 0.3) is 0 Å². The predicted octanol–water partition coefficient (Wildman–Crippen LogP) is -2.03. The fourth-order valence-electron chi connectivity index (χ4n) is 13.4. The van der Waals surface area contributed by atoms with Gasteiger partial charge in [0.15, 0.2) is 5.96 Å². The number of likely N-dealkylation sites (tertiary alicyclic amines) is 1. The molecule has 35 nitrogen and oxygen atoms in total. The van der Waals surface area contributed by atoms with Crippen molar-refractivity contribution in [2.45, 2.75) is 223 Å². The van der Waals surface area contributed by atoms with E-state index in [9.17, 15) is 67.4 Å². The van der Waals surface area contributed by atoms with Crippen molar-refractivity contribution in [3.05, 3.63) is 108 Å². The minimum absolute atomic E-state index is 0.0295. The van der Waals surface area contributed by atoms with Crippen molar-refractivity contribution in [2.24, 2.45) is 51.4 Å². The number of hydrogen-bond donors (Lipinski definition) is 19. The second-order valence-electron chi connectivity index (χ2n) is 29.9. The molecule has 114 heavy (non-hydrogen) atoms. The van der Waals surface area contributed by atoms with Gasteiger partial charge < -0.3 is 107 Å². The Balaban J connectivity index is 1.27. The Morgan fingerprint density at radius 1 is 0.632 bits per heavy atom. The van der Waals surface area contributed by atoms with Gasteiger partial charge in [-0.05, 0) is 131 Å². The Bertz CT molecular complexity index is 3930. The van der Waals surface area contributed by atoms with Crippen LogP contribution in [0.2, 0.25) is 0 Å². The van der Waals surface area contributed by atoms with E-state index in [1.54, 1.807) is 70.3 Å². The summed E-state index contributed by atoms with van der Waals surface area (Å²) in [5.41, 5.74) is 31.6. The third kappa shape index (κ3) is 29.5. The monoisotopic (exact) mass is 1590 g/mol. The second kappa shape index (κ2) is 46.8. The number of nitrogens with zero attached hydrogens (tertiary/aromatic N) is 2. The molecule has 2 aliphatic heterocycles. The molecule has 4 aromatic rings. The van der Waals surface area contributed by atoms with Gasteiger partial charge in [-0.2, -0.15) is 0 Å². The molecular formula is C79H118N20O15. The molecule has 2 saturated heterocycles. The number of rotatable bonds is 36. The first kappa shape index (κ1) is 91.8. The van der Waals surface area contributed by atoms with Crippen LogP contribution in [0.5, 0.6) is 0 Å². The van der Waals surface area contributed by atoms with Gasteiger partial charge in [0, 0.05) is 56.0 Å². The maximum atomic E-state index is 15.1. The quantitative estimate of drug-likeness (QED) is 0.0133. The van der Waals surface area contributed by atoms with E-state index in [0.717, 1.165) is 5.56 Å². The molecule has 0 unspecified atom stereocenters. The lowest BCUT2D eigenvalue weighted by molar-refractivity contribution is -0.143. The summed E-state index contributed by atoms with van der Waals surface area (Å²) >= 11 is 0. The molecule has 3 heterocycles. The van der Waals surface area contributed by atoms with Crippen molar-refractivity contribution >= 4 is 99.6 Å². The van der Waals surface area contributed by atoms with E-state index >= 15 is 4.79 Å². The van der Waals surface area contributed by atoms with Crippen LogP contribution in [0.15, 0.2) is 96.1 Å². The summed E-state index contributed by atoms with van der Waals surface area (Å²) in [5.74, 6) is -12.5. The highest BCUT2D eigenvalue weighted by atomic mass is 16.3. The molecule has 2 aliphatic rings. The van der Waals surface area contributed by atoms with Gasteiger partial charge in [0.2, 0.25) is 82.7 Å². The number of primary amides is 1. The lowest BCUT2D eigenvalue weighted by Gasteiger charge is -2.32. The number of aromatic amines is 1. The number of para-hydroxylation sites is 1. The topological polar surface area (TPSA) is 565 Å². The van der Waals surface area contributed by atoms with E-state index < -0.39 is 193 Å². The fourth-order valence-corrected chi connectivity index (χ4v) is 13.4. The Labute approximate surface area is 664 Å². The number of hydrogen-bond acceptors (Lipinski definition) is 18. The molecule has 0 saturated carbocycles. The van der Waals surface area contributed by atoms with Gasteiger partial charge in [-0.1, -0.05) is 127 Å². The van der Waals surface area contributed by atoms with Gasteiger partial charge in [-0.3, -0.25) is 72.1 Å². The highest BCUT2D eigenvalue weighted by Crippen LogP contribution is 2.24. The molecule has 0 spiro atoms. The predicted molar refractivity (Wildman–Crippen MR) is 426 cm³/mol. The maximum Gasteiger partial charge on any atom is 0.246 e. The minimum Gasteiger partial charge on any atom is -0.394 e. The summed E-state index contributed by atoms with van der Waals surface area (Å²) in [4.78, 5) is 208. The summed E-state index contributed by atoms with van der Waals surface area (Å²) in [6, 6.07) is 8.67. The number of carbonyl (C=O) groups excluding carboxylic acids is 14. The largest absolute Gasteiger partial charge is 0.394 e. The average molecular weight is 1590 g/mol. The molecule has 1 aromatic heterocycles. The summed E-state index contributed by atoms with van der Waals surface area (Å²) in [6.07, 6.45) is 2.56. The summed E-state index contributed by atoms with van der Waals surface area (Å²) < 4.78 is 0. The third-order valence-electron chi connectivity index (χ3n) is 20.1. The van der Waals surface area contributed by atoms with Crippen molar-refractivity contribution < 1.29 is 72.2 Å². The van der Waals surface area contributed by atoms with E-state index in [-0.39, 0.29) is 115 Å². The van der Waals surface area contributed by atoms with Gasteiger partial charge in [-0.15, -0.1) is 0 Å². The standard InChI is InChI=1S/C79H118N20O15/c1-7-47(6)66(77(113)93-58(67(82)103)38-45(2)3)98-72(108)54(30-20-36-86-79(83)84)89-64(102)43-88-69(105)57-32-33-63(101)85-35-19-17-29-56(71(107)96-61(44-100)75(111)91-55(28-16-18-34-80)70(106)94-59(73(109)92-57)40-49-24-12-9-13-25-49)90-74(110)60(41-50-42-87-53-27-15-14-26-51(50)53)95-76(112)62-31-21-37-99(62)78(114)65(46(4)5)97-68(104)52(81)39-48-22-10-8-11-23-48/h8-15,22-27,42,45-47,52,54-62,65-66,87,100H,7,16-21,28-41,43-44,80-81H2,1-6H3,(H2,82,103)(H,85,101)(H,88,105)(H,89,102)(H,90,110)(H,91,111)(H,92,109)(H,93,113)(H,94,106)(H,95,112)(H,96,107)(H,97,104)(H,98,108)(H4,83,84,86)/t47-,52-,54-,55-,56-,57+,58-,59-,60-,61-,62-,65-,66-/m0/s1. The van der Waals surface area contributed by atoms with Crippen LogP contribution < -0.4 is 92.5 Å². The molecule has 2 fully saturated rings. The van der Waals surface area contributed by atoms with Crippen LogP contribution in [0.3, 0.4) is 0 Å². The Hall–Kier alpha value is -11.1. The fraction of sp³-hybridized carbons (Fsp3) is 0.557. The zero-order chi connectivity index (χ0) is 83.6. The minimum atomic E-state index is -1.77. The highest BCUT2D eigenvalue weighted by molar-refractivity contribution is 6.00. The molecule has 6 rings (SSSR count). The van der Waals surface area contributed by atoms with E-state index in [0.29, 0.717) is 41.3 Å². The molecule has 0 aliphatic carbocycles. The van der Waals surface area contributed by atoms with Crippen LogP contribution >= 0.6 is 0 Å². The highest BCUT2D eigenvalue weighted by Gasteiger charge is 2.42. The molecule has 35 heteroatoms. The zero-order valence-corrected chi connectivity index (χ0v) is 66.0. The number of benzene rings is 3. The molecule has 0 radical (unpaired) electrons. The van der Waals surface area contributed by atoms with Crippen LogP contribution in [-0.4, -0.2) is 215 Å². The smallest absolute Gasteiger partial charge is 0.246 e. The number of aliphatic imine (C=N–C) groups is 1. The van der Waals surface area contributed by atoms with Crippen molar-refractivity contribution in [3.8, 4) is 0 Å². The van der Waals surface area contributed by atoms with Crippen molar-refractivity contribution in [2.75, 3.05) is 39.3 Å². The first-order valence-electron chi connectivity index (χ1n) is 39.3. The number of amides is 14. The van der Waals surface area contributed by atoms with Crippen molar-refractivity contribution in [3.63, 3.8) is 0 Å². The first-order chi connectivity index (χ1) is 54.4. The number of aliphatic hydroxyl groups excluding tert-OH is 1. The number of fused-ring (bicyclic) bond motifs is 1. The Kier molecular flexibility index (Phi) is 37.7. The lowest BCUT2D eigenvalue weighted by Crippen LogP contribution is -2.61. The van der Waals surface area contributed by atoms with Gasteiger partial charge in [0.05, 0.1) is 19.2 Å². The van der Waals surface area contributed by atoms with E-state index in [1.807, 2.05) is 62.4 Å². The van der Waals surface area contributed by atoms with Crippen LogP contribution in [0, 0.1) is 17.8 Å². The molecule has 3 aromatic carbocycles. The second-order valence-corrected chi connectivity index (χ2v) is 29.9. The van der Waals surface area contributed by atoms with Gasteiger partial charge >= 0.3 is 0 Å². The molecule has 24 N–H and O–H groups in total. The number of nitrogens with one attached hydrogen (secondary N) is 13. The number of unbranched alkanes of at least 4 members (excludes halogenated alkanes) is 1. The molecule has 14 amide bonds. The number of guanidine groups is 1. The van der Waals surface area contributed by atoms with Crippen LogP contribution in [-0.2, 0) is 86.4 Å². The Morgan fingerprint density at radius 3 is 1.94 bits per heavy atom. The van der Waals surface area contributed by atoms with Crippen molar-refractivity contribution in [1.82, 2.24) is 73.7 Å². The van der Waals surface area contributed by atoms with Crippen LogP contribution in [0.1, 0.15) is 148 Å². The molecule has 624 valence electrons. The summed E-state index contributed by atoms with van der Waals surface area (Å²) in [5, 5.41) is 43.7. The summed E-state index contributed by atoms with van der Waals surface area (Å²) in [7, 11) is 0. The average Bonchev–Trinajstić information content (AvgIpc) is 1.73. The number of H-pyrrole nitrogens is 1. The van der Waals surface area contributed by atoms with Gasteiger partial charge in [-0.25, -0.2) is 0 Å². The van der Waals surface area contributed by atoms with Crippen LogP contribution in [0.25, 0.3) is 10.9 Å². The number of aliphatic hydroxyl groups is 1. The molecule has 0 bridgehead atoms. The van der Waals surface area contributed by atoms with E-state index in [2.05, 4.69) is 73.8 Å². The van der Waals surface area contributed by atoms with Crippen molar-refractivity contribution in [1.29, 1.82) is 0 Å². The summed E-state index contributed by atoms with van der Waals surface area (Å²) in [6.45, 7) is 9.15. The first-order valence-corrected chi connectivity index (χ1v) is 39.3. The number of aromatic nitrogens is 1. The van der Waals surface area contributed by atoms with Crippen LogP contribution in [0.4, 0.5) is 0 Å². The zero-order valence-electron chi connectivity index (χ0n) is 66.0.